The van der Waals surface area contributed by atoms with Gasteiger partial charge in [0.15, 0.2) is 0 Å². The molecule has 3 amide bonds. The van der Waals surface area contributed by atoms with Crippen molar-refractivity contribution in [2.45, 2.75) is 47.1 Å². The molecule has 0 aliphatic heterocycles. The summed E-state index contributed by atoms with van der Waals surface area (Å²) in [6.45, 7) is 12.1. The molecule has 0 aliphatic carbocycles. The summed E-state index contributed by atoms with van der Waals surface area (Å²) in [5, 5.41) is 8.27. The predicted octanol–water partition coefficient (Wildman–Crippen LogP) is 1.59. The molecule has 0 aliphatic rings. The van der Waals surface area contributed by atoms with E-state index in [4.69, 9.17) is 0 Å². The molecule has 0 fully saturated rings. The molecule has 1 aromatic rings. The monoisotopic (exact) mass is 376 g/mol. The first-order chi connectivity index (χ1) is 12.5. The van der Waals surface area contributed by atoms with Gasteiger partial charge in [-0.15, -0.1) is 0 Å². The maximum atomic E-state index is 12.1. The minimum atomic E-state index is -0.315. The van der Waals surface area contributed by atoms with Crippen LogP contribution in [0.25, 0.3) is 0 Å². The highest BCUT2D eigenvalue weighted by Gasteiger charge is 2.18. The third-order valence-corrected chi connectivity index (χ3v) is 4.02. The number of carbonyl (C=O) groups is 3. The standard InChI is InChI=1S/C20H32N4O3/c1-7-24(13-19(27)23-20(4,5)6)12-18(26)21-11-17(25)22-16-10-8-9-14(2)15(16)3/h8-10H,7,11-13H2,1-6H3,(H,21,26)(H,22,25)(H,23,27). The Balaban J connectivity index is 2.45. The van der Waals surface area contributed by atoms with E-state index < -0.39 is 0 Å². The fourth-order valence-electron chi connectivity index (χ4n) is 2.46. The van der Waals surface area contributed by atoms with Crippen LogP contribution in [0.1, 0.15) is 38.8 Å². The Morgan fingerprint density at radius 1 is 1.00 bits per heavy atom. The van der Waals surface area contributed by atoms with Crippen LogP contribution in [-0.2, 0) is 14.4 Å². The number of hydrogen-bond donors (Lipinski definition) is 3. The highest BCUT2D eigenvalue weighted by atomic mass is 16.2. The van der Waals surface area contributed by atoms with Crippen LogP contribution in [0.5, 0.6) is 0 Å². The van der Waals surface area contributed by atoms with Gasteiger partial charge < -0.3 is 16.0 Å². The van der Waals surface area contributed by atoms with Gasteiger partial charge in [-0.25, -0.2) is 0 Å². The number of hydrogen-bond acceptors (Lipinski definition) is 4. The lowest BCUT2D eigenvalue weighted by molar-refractivity contribution is -0.127. The van der Waals surface area contributed by atoms with E-state index in [0.29, 0.717) is 6.54 Å². The van der Waals surface area contributed by atoms with Gasteiger partial charge in [0, 0.05) is 11.2 Å². The van der Waals surface area contributed by atoms with Gasteiger partial charge in [0.2, 0.25) is 17.7 Å². The second-order valence-corrected chi connectivity index (χ2v) is 7.67. The van der Waals surface area contributed by atoms with Crippen LogP contribution in [0, 0.1) is 13.8 Å². The summed E-state index contributed by atoms with van der Waals surface area (Å²) < 4.78 is 0. The Morgan fingerprint density at radius 3 is 2.22 bits per heavy atom. The van der Waals surface area contributed by atoms with Gasteiger partial charge in [-0.2, -0.15) is 0 Å². The quantitative estimate of drug-likeness (QED) is 0.643. The van der Waals surface area contributed by atoms with Gasteiger partial charge in [-0.05, 0) is 58.4 Å². The molecule has 7 heteroatoms. The van der Waals surface area contributed by atoms with Gasteiger partial charge >= 0.3 is 0 Å². The summed E-state index contributed by atoms with van der Waals surface area (Å²) in [6.07, 6.45) is 0. The van der Waals surface area contributed by atoms with Crippen molar-refractivity contribution in [2.75, 3.05) is 31.5 Å². The lowest BCUT2D eigenvalue weighted by Crippen LogP contribution is -2.48. The molecule has 1 rings (SSSR count). The van der Waals surface area contributed by atoms with Crippen LogP contribution in [0.15, 0.2) is 18.2 Å². The van der Waals surface area contributed by atoms with E-state index in [2.05, 4.69) is 16.0 Å². The van der Waals surface area contributed by atoms with E-state index in [1.54, 1.807) is 4.90 Å². The molecule has 0 aromatic heterocycles. The third kappa shape index (κ3) is 8.68. The maximum Gasteiger partial charge on any atom is 0.243 e. The van der Waals surface area contributed by atoms with E-state index in [0.717, 1.165) is 16.8 Å². The zero-order valence-electron chi connectivity index (χ0n) is 17.2. The molecule has 0 bridgehead atoms. The third-order valence-electron chi connectivity index (χ3n) is 4.02. The van der Waals surface area contributed by atoms with Crippen molar-refractivity contribution in [3.8, 4) is 0 Å². The Hall–Kier alpha value is -2.41. The number of nitrogens with one attached hydrogen (secondary N) is 3. The zero-order valence-corrected chi connectivity index (χ0v) is 17.2. The van der Waals surface area contributed by atoms with E-state index in [-0.39, 0.29) is 42.9 Å². The molecule has 1 aromatic carbocycles. The van der Waals surface area contributed by atoms with E-state index in [1.807, 2.05) is 59.7 Å². The SMILES string of the molecule is CCN(CC(=O)NCC(=O)Nc1cccc(C)c1C)CC(=O)NC(C)(C)C. The fourth-order valence-corrected chi connectivity index (χ4v) is 2.46. The molecule has 0 saturated heterocycles. The molecule has 7 nitrogen and oxygen atoms in total. The summed E-state index contributed by atoms with van der Waals surface area (Å²) in [5.74, 6) is -0.716. The normalized spacial score (nSPS) is 11.2. The Morgan fingerprint density at radius 2 is 1.63 bits per heavy atom. The second kappa shape index (κ2) is 10.1. The Kier molecular flexibility index (Phi) is 8.43. The van der Waals surface area contributed by atoms with Crippen LogP contribution in [0.4, 0.5) is 5.69 Å². The van der Waals surface area contributed by atoms with Crippen molar-refractivity contribution in [3.05, 3.63) is 29.3 Å². The van der Waals surface area contributed by atoms with Gasteiger partial charge in [-0.3, -0.25) is 19.3 Å². The molecular formula is C20H32N4O3. The van der Waals surface area contributed by atoms with Gasteiger partial charge in [0.1, 0.15) is 0 Å². The second-order valence-electron chi connectivity index (χ2n) is 7.67. The van der Waals surface area contributed by atoms with Crippen molar-refractivity contribution in [1.82, 2.24) is 15.5 Å². The van der Waals surface area contributed by atoms with Gasteiger partial charge in [-0.1, -0.05) is 19.1 Å². The van der Waals surface area contributed by atoms with E-state index >= 15 is 0 Å². The maximum absolute atomic E-state index is 12.1. The lowest BCUT2D eigenvalue weighted by Gasteiger charge is -2.24. The first-order valence-electron chi connectivity index (χ1n) is 9.18. The molecule has 0 saturated carbocycles. The summed E-state index contributed by atoms with van der Waals surface area (Å²) in [5.41, 5.74) is 2.51. The average Bonchev–Trinajstić information content (AvgIpc) is 2.55. The number of nitrogens with zero attached hydrogens (tertiary/aromatic N) is 1. The van der Waals surface area contributed by atoms with E-state index in [1.165, 1.54) is 0 Å². The van der Waals surface area contributed by atoms with Gasteiger partial charge in [0.25, 0.3) is 0 Å². The van der Waals surface area contributed by atoms with E-state index in [9.17, 15) is 14.4 Å². The molecule has 0 unspecified atom stereocenters. The molecule has 150 valence electrons. The number of anilines is 1. The minimum Gasteiger partial charge on any atom is -0.350 e. The zero-order chi connectivity index (χ0) is 20.6. The van der Waals surface area contributed by atoms with Crippen molar-refractivity contribution in [2.24, 2.45) is 0 Å². The van der Waals surface area contributed by atoms with Gasteiger partial charge in [0.05, 0.1) is 19.6 Å². The molecule has 0 atom stereocenters. The molecular weight excluding hydrogens is 344 g/mol. The van der Waals surface area contributed by atoms with Crippen LogP contribution in [0.3, 0.4) is 0 Å². The summed E-state index contributed by atoms with van der Waals surface area (Å²) in [4.78, 5) is 37.9. The molecule has 0 spiro atoms. The number of aryl methyl sites for hydroxylation is 1. The van der Waals surface area contributed by atoms with Crippen LogP contribution < -0.4 is 16.0 Å². The summed E-state index contributed by atoms with van der Waals surface area (Å²) >= 11 is 0. The Labute approximate surface area is 161 Å². The summed E-state index contributed by atoms with van der Waals surface area (Å²) in [6, 6.07) is 5.68. The topological polar surface area (TPSA) is 90.5 Å². The molecule has 27 heavy (non-hydrogen) atoms. The molecule has 0 heterocycles. The predicted molar refractivity (Wildman–Crippen MR) is 108 cm³/mol. The van der Waals surface area contributed by atoms with Crippen LogP contribution >= 0.6 is 0 Å². The highest BCUT2D eigenvalue weighted by Crippen LogP contribution is 2.17. The highest BCUT2D eigenvalue weighted by molar-refractivity contribution is 5.95. The minimum absolute atomic E-state index is 0.0603. The molecule has 3 N–H and O–H groups in total. The summed E-state index contributed by atoms with van der Waals surface area (Å²) in [7, 11) is 0. The van der Waals surface area contributed by atoms with Crippen molar-refractivity contribution in [3.63, 3.8) is 0 Å². The van der Waals surface area contributed by atoms with Crippen molar-refractivity contribution in [1.29, 1.82) is 0 Å². The van der Waals surface area contributed by atoms with Crippen LogP contribution in [0.2, 0.25) is 0 Å². The number of rotatable bonds is 8. The number of likely N-dealkylation sites (N-methyl/N-ethyl adjacent to an activating group) is 1. The first kappa shape index (κ1) is 22.6. The first-order valence-corrected chi connectivity index (χ1v) is 9.18. The fraction of sp³-hybridized carbons (Fsp3) is 0.550. The average molecular weight is 377 g/mol. The van der Waals surface area contributed by atoms with Crippen molar-refractivity contribution >= 4 is 23.4 Å². The largest absolute Gasteiger partial charge is 0.350 e. The Bertz CT molecular complexity index is 680. The lowest BCUT2D eigenvalue weighted by atomic mass is 10.1. The molecule has 0 radical (unpaired) electrons. The van der Waals surface area contributed by atoms with Crippen molar-refractivity contribution < 1.29 is 14.4 Å². The number of benzene rings is 1. The smallest absolute Gasteiger partial charge is 0.243 e. The van der Waals surface area contributed by atoms with Crippen LogP contribution in [-0.4, -0.2) is 54.3 Å². The number of carbonyl (C=O) groups excluding carboxylic acids is 3. The number of amides is 3.